The molecule has 1 atom stereocenters. The number of carboxylic acid groups (broad SMARTS) is 1. The van der Waals surface area contributed by atoms with Gasteiger partial charge >= 0.3 is 5.97 Å². The van der Waals surface area contributed by atoms with Gasteiger partial charge in [-0.2, -0.15) is 0 Å². The summed E-state index contributed by atoms with van der Waals surface area (Å²) in [5.41, 5.74) is -0.0796. The molecule has 1 unspecified atom stereocenters. The van der Waals surface area contributed by atoms with E-state index in [1.807, 2.05) is 22.9 Å². The maximum atomic E-state index is 12.5. The molecule has 1 aliphatic rings. The Morgan fingerprint density at radius 2 is 2.26 bits per heavy atom. The van der Waals surface area contributed by atoms with Crippen LogP contribution in [0.5, 0.6) is 0 Å². The van der Waals surface area contributed by atoms with Gasteiger partial charge in [0.05, 0.1) is 22.4 Å². The summed E-state index contributed by atoms with van der Waals surface area (Å²) < 4.78 is 0. The van der Waals surface area contributed by atoms with E-state index in [1.165, 1.54) is 11.3 Å². The van der Waals surface area contributed by atoms with Crippen LogP contribution in [0, 0.1) is 5.41 Å². The number of nitrogens with zero attached hydrogens (tertiary/aromatic N) is 2. The second-order valence-corrected chi connectivity index (χ2v) is 7.89. The molecule has 0 spiro atoms. The molecule has 0 bridgehead atoms. The smallest absolute Gasteiger partial charge is 0.311 e. The lowest BCUT2D eigenvalue weighted by atomic mass is 9.82. The lowest BCUT2D eigenvalue weighted by Gasteiger charge is -2.37. The van der Waals surface area contributed by atoms with E-state index in [0.717, 1.165) is 22.0 Å². The standard InChI is InChI=1S/C16H18N2O3S2/c1-16(15(20)21)5-3-6-18(10-16)13(19)8-11-9-23-14(17-11)12-4-2-7-22-12/h2,4,7,9H,3,5-6,8,10H2,1H3,(H,20,21). The van der Waals surface area contributed by atoms with Gasteiger partial charge in [-0.1, -0.05) is 6.07 Å². The van der Waals surface area contributed by atoms with Gasteiger partial charge in [0.2, 0.25) is 5.91 Å². The molecule has 23 heavy (non-hydrogen) atoms. The fourth-order valence-electron chi connectivity index (χ4n) is 2.80. The first-order valence-electron chi connectivity index (χ1n) is 7.47. The molecule has 1 amide bonds. The first-order chi connectivity index (χ1) is 11.0. The third-order valence-corrected chi connectivity index (χ3v) is 6.11. The maximum absolute atomic E-state index is 12.5. The average Bonchev–Trinajstić information content (AvgIpc) is 3.17. The van der Waals surface area contributed by atoms with Crippen molar-refractivity contribution >= 4 is 34.6 Å². The van der Waals surface area contributed by atoms with E-state index < -0.39 is 11.4 Å². The third kappa shape index (κ3) is 3.45. The number of carbonyl (C=O) groups excluding carboxylic acids is 1. The van der Waals surface area contributed by atoms with Crippen molar-refractivity contribution in [3.63, 3.8) is 0 Å². The Morgan fingerprint density at radius 1 is 1.43 bits per heavy atom. The van der Waals surface area contributed by atoms with E-state index in [9.17, 15) is 14.7 Å². The molecule has 1 fully saturated rings. The second-order valence-electron chi connectivity index (χ2n) is 6.08. The monoisotopic (exact) mass is 350 g/mol. The molecule has 0 saturated carbocycles. The molecule has 0 aliphatic carbocycles. The molecule has 5 nitrogen and oxygen atoms in total. The van der Waals surface area contributed by atoms with E-state index in [-0.39, 0.29) is 18.9 Å². The van der Waals surface area contributed by atoms with Crippen molar-refractivity contribution in [3.8, 4) is 9.88 Å². The minimum atomic E-state index is -0.835. The number of hydrogen-bond acceptors (Lipinski definition) is 5. The number of thiazole rings is 1. The van der Waals surface area contributed by atoms with Gasteiger partial charge < -0.3 is 10.0 Å². The maximum Gasteiger partial charge on any atom is 0.311 e. The van der Waals surface area contributed by atoms with Gasteiger partial charge in [-0.3, -0.25) is 9.59 Å². The van der Waals surface area contributed by atoms with Gasteiger partial charge in [0.25, 0.3) is 0 Å². The Hall–Kier alpha value is -1.73. The van der Waals surface area contributed by atoms with Crippen LogP contribution in [-0.4, -0.2) is 40.0 Å². The molecule has 0 radical (unpaired) electrons. The first kappa shape index (κ1) is 16.1. The van der Waals surface area contributed by atoms with Gasteiger partial charge in [0, 0.05) is 18.5 Å². The van der Waals surface area contributed by atoms with Gasteiger partial charge in [-0.05, 0) is 31.2 Å². The van der Waals surface area contributed by atoms with Crippen LogP contribution < -0.4 is 0 Å². The number of likely N-dealkylation sites (tertiary alicyclic amines) is 1. The molecule has 0 aromatic carbocycles. The molecular weight excluding hydrogens is 332 g/mol. The molecule has 1 aliphatic heterocycles. The summed E-state index contributed by atoms with van der Waals surface area (Å²) in [6.45, 7) is 2.62. The Bertz CT molecular complexity index is 711. The number of rotatable bonds is 4. The number of aromatic nitrogens is 1. The highest BCUT2D eigenvalue weighted by molar-refractivity contribution is 7.20. The Balaban J connectivity index is 1.66. The van der Waals surface area contributed by atoms with Crippen molar-refractivity contribution in [2.75, 3.05) is 13.1 Å². The van der Waals surface area contributed by atoms with Crippen LogP contribution in [0.2, 0.25) is 0 Å². The topological polar surface area (TPSA) is 70.5 Å². The van der Waals surface area contributed by atoms with Crippen molar-refractivity contribution in [2.24, 2.45) is 5.41 Å². The van der Waals surface area contributed by atoms with E-state index in [1.54, 1.807) is 23.2 Å². The van der Waals surface area contributed by atoms with Crippen LogP contribution in [0.3, 0.4) is 0 Å². The molecule has 122 valence electrons. The predicted molar refractivity (Wildman–Crippen MR) is 90.7 cm³/mol. The van der Waals surface area contributed by atoms with Gasteiger partial charge in [-0.15, -0.1) is 22.7 Å². The van der Waals surface area contributed by atoms with Crippen LogP contribution in [0.4, 0.5) is 0 Å². The van der Waals surface area contributed by atoms with Crippen LogP contribution in [0.15, 0.2) is 22.9 Å². The third-order valence-electron chi connectivity index (χ3n) is 4.18. The number of thiophene rings is 1. The normalized spacial score (nSPS) is 21.3. The van der Waals surface area contributed by atoms with Gasteiger partial charge in [-0.25, -0.2) is 4.98 Å². The molecule has 3 heterocycles. The van der Waals surface area contributed by atoms with Crippen molar-refractivity contribution in [1.29, 1.82) is 0 Å². The van der Waals surface area contributed by atoms with Crippen molar-refractivity contribution in [3.05, 3.63) is 28.6 Å². The predicted octanol–water partition coefficient (Wildman–Crippen LogP) is 3.13. The van der Waals surface area contributed by atoms with Crippen LogP contribution in [-0.2, 0) is 16.0 Å². The quantitative estimate of drug-likeness (QED) is 0.920. The molecule has 2 aromatic rings. The van der Waals surface area contributed by atoms with Crippen LogP contribution in [0.1, 0.15) is 25.5 Å². The molecule has 7 heteroatoms. The zero-order valence-corrected chi connectivity index (χ0v) is 14.5. The fraction of sp³-hybridized carbons (Fsp3) is 0.438. The summed E-state index contributed by atoms with van der Waals surface area (Å²) >= 11 is 3.16. The van der Waals surface area contributed by atoms with Gasteiger partial charge in [0.1, 0.15) is 5.01 Å². The number of hydrogen-bond donors (Lipinski definition) is 1. The zero-order chi connectivity index (χ0) is 16.4. The van der Waals surface area contributed by atoms with Crippen LogP contribution in [0.25, 0.3) is 9.88 Å². The summed E-state index contributed by atoms with van der Waals surface area (Å²) in [5.74, 6) is -0.871. The Kier molecular flexibility index (Phi) is 4.50. The largest absolute Gasteiger partial charge is 0.481 e. The average molecular weight is 350 g/mol. The number of piperidine rings is 1. The Labute approximate surface area is 142 Å². The Morgan fingerprint density at radius 3 is 2.96 bits per heavy atom. The number of amides is 1. The lowest BCUT2D eigenvalue weighted by molar-refractivity contribution is -0.153. The number of carboxylic acids is 1. The summed E-state index contributed by atoms with van der Waals surface area (Å²) in [6.07, 6.45) is 1.58. The second kappa shape index (κ2) is 6.41. The lowest BCUT2D eigenvalue weighted by Crippen LogP contribution is -2.48. The molecule has 3 rings (SSSR count). The van der Waals surface area contributed by atoms with Crippen LogP contribution >= 0.6 is 22.7 Å². The van der Waals surface area contributed by atoms with E-state index >= 15 is 0 Å². The minimum absolute atomic E-state index is 0.0415. The SMILES string of the molecule is CC1(C(=O)O)CCCN(C(=O)Cc2csc(-c3cccs3)n2)C1. The van der Waals surface area contributed by atoms with Crippen molar-refractivity contribution in [1.82, 2.24) is 9.88 Å². The van der Waals surface area contributed by atoms with E-state index in [2.05, 4.69) is 4.98 Å². The fourth-order valence-corrected chi connectivity index (χ4v) is 4.43. The summed E-state index contributed by atoms with van der Waals surface area (Å²) in [4.78, 5) is 31.2. The highest BCUT2D eigenvalue weighted by Crippen LogP contribution is 2.31. The molecule has 1 N–H and O–H groups in total. The molecule has 1 saturated heterocycles. The zero-order valence-electron chi connectivity index (χ0n) is 12.8. The van der Waals surface area contributed by atoms with Crippen molar-refractivity contribution in [2.45, 2.75) is 26.2 Å². The number of carbonyl (C=O) groups is 2. The summed E-state index contributed by atoms with van der Waals surface area (Å²) in [5, 5.41) is 14.2. The van der Waals surface area contributed by atoms with Crippen molar-refractivity contribution < 1.29 is 14.7 Å². The molecule has 2 aromatic heterocycles. The summed E-state index contributed by atoms with van der Waals surface area (Å²) in [7, 11) is 0. The highest BCUT2D eigenvalue weighted by Gasteiger charge is 2.39. The highest BCUT2D eigenvalue weighted by atomic mass is 32.1. The van der Waals surface area contributed by atoms with E-state index in [4.69, 9.17) is 0 Å². The van der Waals surface area contributed by atoms with E-state index in [0.29, 0.717) is 13.0 Å². The van der Waals surface area contributed by atoms with Gasteiger partial charge in [0.15, 0.2) is 0 Å². The number of aliphatic carboxylic acids is 1. The summed E-state index contributed by atoms with van der Waals surface area (Å²) in [6, 6.07) is 3.99. The first-order valence-corrected chi connectivity index (χ1v) is 9.23. The minimum Gasteiger partial charge on any atom is -0.481 e. The molecular formula is C16H18N2O3S2.